The van der Waals surface area contributed by atoms with Gasteiger partial charge < -0.3 is 15.0 Å². The van der Waals surface area contributed by atoms with Crippen molar-refractivity contribution >= 4 is 60.7 Å². The summed E-state index contributed by atoms with van der Waals surface area (Å²) in [6, 6.07) is 6.00. The van der Waals surface area contributed by atoms with Crippen LogP contribution in [0.1, 0.15) is 16.9 Å². The van der Waals surface area contributed by atoms with E-state index in [0.717, 1.165) is 51.2 Å². The zero-order valence-corrected chi connectivity index (χ0v) is 18.3. The molecule has 6 rings (SSSR count). The maximum absolute atomic E-state index is 13.0. The van der Waals surface area contributed by atoms with Crippen molar-refractivity contribution in [1.29, 1.82) is 0 Å². The molecule has 0 radical (unpaired) electrons. The van der Waals surface area contributed by atoms with E-state index in [9.17, 15) is 4.79 Å². The van der Waals surface area contributed by atoms with Gasteiger partial charge in [-0.2, -0.15) is 0 Å². The number of carbonyl (C=O) groups excluding carboxylic acids is 1. The van der Waals surface area contributed by atoms with Crippen LogP contribution in [0.2, 0.25) is 0 Å². The van der Waals surface area contributed by atoms with Crippen LogP contribution in [-0.4, -0.2) is 56.7 Å². The van der Waals surface area contributed by atoms with Gasteiger partial charge in [-0.15, -0.1) is 16.4 Å². The van der Waals surface area contributed by atoms with Crippen LogP contribution in [0.5, 0.6) is 0 Å². The molecule has 0 saturated carbocycles. The molecule has 1 amide bonds. The molecule has 1 aliphatic heterocycles. The lowest BCUT2D eigenvalue weighted by atomic mass is 9.86. The number of thiophene rings is 1. The molecule has 0 unspecified atom stereocenters. The minimum Gasteiger partial charge on any atom is -0.378 e. The predicted octanol–water partition coefficient (Wildman–Crippen LogP) is 3.40. The fraction of sp³-hybridized carbons (Fsp3) is 0.381. The van der Waals surface area contributed by atoms with Gasteiger partial charge in [-0.25, -0.2) is 9.97 Å². The van der Waals surface area contributed by atoms with E-state index in [-0.39, 0.29) is 11.8 Å². The summed E-state index contributed by atoms with van der Waals surface area (Å²) in [6.45, 7) is 2.68. The van der Waals surface area contributed by atoms with Gasteiger partial charge in [0, 0.05) is 29.6 Å². The molecule has 1 fully saturated rings. The molecule has 4 heterocycles. The van der Waals surface area contributed by atoms with Crippen molar-refractivity contribution in [3.05, 3.63) is 35.0 Å². The Labute approximate surface area is 186 Å². The molecule has 31 heavy (non-hydrogen) atoms. The van der Waals surface area contributed by atoms with Crippen molar-refractivity contribution in [3.63, 3.8) is 0 Å². The molecule has 0 bridgehead atoms. The Hall–Kier alpha value is -2.69. The Morgan fingerprint density at radius 2 is 2.13 bits per heavy atom. The molecule has 4 aromatic rings. The maximum atomic E-state index is 13.0. The van der Waals surface area contributed by atoms with E-state index in [4.69, 9.17) is 4.74 Å². The normalized spacial score (nSPS) is 19.0. The Morgan fingerprint density at radius 1 is 1.23 bits per heavy atom. The van der Waals surface area contributed by atoms with Gasteiger partial charge in [0.2, 0.25) is 5.91 Å². The lowest BCUT2D eigenvalue weighted by Gasteiger charge is -2.31. The fourth-order valence-corrected chi connectivity index (χ4v) is 6.32. The van der Waals surface area contributed by atoms with E-state index in [1.54, 1.807) is 17.7 Å². The fourth-order valence-electron chi connectivity index (χ4n) is 4.45. The first-order valence-corrected chi connectivity index (χ1v) is 12.0. The first-order valence-electron chi connectivity index (χ1n) is 10.4. The molecule has 1 N–H and O–H groups in total. The van der Waals surface area contributed by atoms with Crippen molar-refractivity contribution in [1.82, 2.24) is 24.5 Å². The number of nitrogens with one attached hydrogen (secondary N) is 1. The van der Waals surface area contributed by atoms with E-state index in [1.165, 1.54) is 22.0 Å². The summed E-state index contributed by atoms with van der Waals surface area (Å²) in [5, 5.41) is 8.65. The number of rotatable bonds is 3. The van der Waals surface area contributed by atoms with Crippen LogP contribution in [0.4, 0.5) is 11.5 Å². The van der Waals surface area contributed by atoms with Crippen LogP contribution < -0.4 is 5.32 Å². The summed E-state index contributed by atoms with van der Waals surface area (Å²) in [4.78, 5) is 26.3. The molecule has 158 valence electrons. The van der Waals surface area contributed by atoms with E-state index < -0.39 is 0 Å². The highest BCUT2D eigenvalue weighted by Gasteiger charge is 2.32. The van der Waals surface area contributed by atoms with Gasteiger partial charge in [0.05, 0.1) is 23.3 Å². The van der Waals surface area contributed by atoms with Crippen molar-refractivity contribution in [2.45, 2.75) is 19.3 Å². The Kier molecular flexibility index (Phi) is 4.77. The number of benzene rings is 1. The third-order valence-corrected chi connectivity index (χ3v) is 7.88. The highest BCUT2D eigenvalue weighted by Crippen LogP contribution is 2.41. The number of fused-ring (bicyclic) bond motifs is 4. The van der Waals surface area contributed by atoms with Crippen LogP contribution >= 0.6 is 22.9 Å². The number of anilines is 2. The van der Waals surface area contributed by atoms with E-state index in [0.29, 0.717) is 26.3 Å². The molecule has 10 heteroatoms. The molecule has 1 aliphatic carbocycles. The Balaban J connectivity index is 1.30. The summed E-state index contributed by atoms with van der Waals surface area (Å²) < 4.78 is 10.4. The van der Waals surface area contributed by atoms with Crippen molar-refractivity contribution in [2.24, 2.45) is 5.92 Å². The number of hydrogen-bond donors (Lipinski definition) is 1. The van der Waals surface area contributed by atoms with Gasteiger partial charge in [0.1, 0.15) is 22.5 Å². The number of nitrogens with zero attached hydrogens (tertiary/aromatic N) is 5. The predicted molar refractivity (Wildman–Crippen MR) is 121 cm³/mol. The monoisotopic (exact) mass is 452 g/mol. The Bertz CT molecular complexity index is 1280. The number of aromatic nitrogens is 4. The maximum Gasteiger partial charge on any atom is 0.226 e. The summed E-state index contributed by atoms with van der Waals surface area (Å²) in [5.74, 6) is 1.13. The van der Waals surface area contributed by atoms with Gasteiger partial charge in [0.15, 0.2) is 0 Å². The second-order valence-electron chi connectivity index (χ2n) is 7.86. The summed E-state index contributed by atoms with van der Waals surface area (Å²) in [7, 11) is 0. The molecule has 8 nitrogen and oxygen atoms in total. The van der Waals surface area contributed by atoms with Gasteiger partial charge in [-0.05, 0) is 54.6 Å². The highest BCUT2D eigenvalue weighted by molar-refractivity contribution is 7.19. The van der Waals surface area contributed by atoms with E-state index >= 15 is 0 Å². The molecule has 0 spiro atoms. The minimum atomic E-state index is 0.0456. The smallest absolute Gasteiger partial charge is 0.226 e. The summed E-state index contributed by atoms with van der Waals surface area (Å²) in [6.07, 6.45) is 4.12. The zero-order chi connectivity index (χ0) is 20.8. The van der Waals surface area contributed by atoms with Crippen LogP contribution in [0.15, 0.2) is 24.5 Å². The quantitative estimate of drug-likeness (QED) is 0.509. The van der Waals surface area contributed by atoms with Crippen LogP contribution in [0.3, 0.4) is 0 Å². The molecular formula is C21H20N6O2S2. The molecule has 1 atom stereocenters. The lowest BCUT2D eigenvalue weighted by molar-refractivity contribution is -0.140. The standard InChI is InChI=1S/C21H20N6O2S2/c28-21(27-5-7-29-8-6-27)12-1-3-14-16(9-12)30-20-18(14)19(22-11-23-20)24-13-2-4-15-17(10-13)31-26-25-15/h2,4,10-12H,1,3,5-9H2,(H,22,23,24)/t12-/m0/s1. The molecule has 1 aromatic carbocycles. The third-order valence-electron chi connectivity index (χ3n) is 6.03. The first kappa shape index (κ1) is 19.0. The van der Waals surface area contributed by atoms with Gasteiger partial charge >= 0.3 is 0 Å². The van der Waals surface area contributed by atoms with Crippen molar-refractivity contribution in [2.75, 3.05) is 31.6 Å². The second-order valence-corrected chi connectivity index (χ2v) is 9.73. The number of aryl methyl sites for hydroxylation is 1. The van der Waals surface area contributed by atoms with Crippen LogP contribution in [0, 0.1) is 5.92 Å². The average molecular weight is 453 g/mol. The van der Waals surface area contributed by atoms with Crippen LogP contribution in [0.25, 0.3) is 20.4 Å². The Morgan fingerprint density at radius 3 is 3.03 bits per heavy atom. The van der Waals surface area contributed by atoms with Crippen LogP contribution in [-0.2, 0) is 22.4 Å². The number of amides is 1. The molecule has 1 saturated heterocycles. The van der Waals surface area contributed by atoms with Crippen molar-refractivity contribution < 1.29 is 9.53 Å². The molecular weight excluding hydrogens is 432 g/mol. The largest absolute Gasteiger partial charge is 0.378 e. The number of hydrogen-bond acceptors (Lipinski definition) is 9. The lowest BCUT2D eigenvalue weighted by Crippen LogP contribution is -2.44. The molecule has 3 aromatic heterocycles. The summed E-state index contributed by atoms with van der Waals surface area (Å²) in [5.41, 5.74) is 3.14. The van der Waals surface area contributed by atoms with E-state index in [2.05, 4.69) is 24.9 Å². The topological polar surface area (TPSA) is 93.1 Å². The molecule has 2 aliphatic rings. The van der Waals surface area contributed by atoms with E-state index in [1.807, 2.05) is 23.1 Å². The number of ether oxygens (including phenoxy) is 1. The van der Waals surface area contributed by atoms with Crippen molar-refractivity contribution in [3.8, 4) is 0 Å². The second kappa shape index (κ2) is 7.77. The first-order chi connectivity index (χ1) is 15.3. The minimum absolute atomic E-state index is 0.0456. The highest BCUT2D eigenvalue weighted by atomic mass is 32.1. The average Bonchev–Trinajstić information content (AvgIpc) is 3.43. The zero-order valence-electron chi connectivity index (χ0n) is 16.7. The number of morpholine rings is 1. The van der Waals surface area contributed by atoms with Gasteiger partial charge in [0.25, 0.3) is 0 Å². The SMILES string of the molecule is O=C([C@H]1CCc2c(sc3ncnc(Nc4ccc5nnsc5c4)c23)C1)N1CCOCC1. The van der Waals surface area contributed by atoms with Gasteiger partial charge in [-0.3, -0.25) is 4.79 Å². The summed E-state index contributed by atoms with van der Waals surface area (Å²) >= 11 is 3.07. The van der Waals surface area contributed by atoms with Gasteiger partial charge in [-0.1, -0.05) is 4.49 Å². The number of carbonyl (C=O) groups is 1. The third kappa shape index (κ3) is 3.44.